The number of carbonyl (C=O) groups is 1. The minimum Gasteiger partial charge on any atom is -0.432 e. The van der Waals surface area contributed by atoms with Crippen molar-refractivity contribution in [3.8, 4) is 0 Å². The maximum atomic E-state index is 14.1. The van der Waals surface area contributed by atoms with Crippen LogP contribution >= 0.6 is 0 Å². The highest BCUT2D eigenvalue weighted by atomic mass is 16.7. The van der Waals surface area contributed by atoms with Gasteiger partial charge in [0.2, 0.25) is 6.29 Å². The second-order valence-corrected chi connectivity index (χ2v) is 20.1. The molecule has 0 amide bonds. The largest absolute Gasteiger partial charge is 0.432 e. The summed E-state index contributed by atoms with van der Waals surface area (Å²) in [7, 11) is 2.46. The first-order chi connectivity index (χ1) is 29.0. The lowest BCUT2D eigenvalue weighted by molar-refractivity contribution is -0.244. The van der Waals surface area contributed by atoms with Crippen LogP contribution in [0.3, 0.4) is 0 Å². The molecule has 3 heterocycles. The monoisotopic (exact) mass is 873 g/mol. The Morgan fingerprint density at radius 1 is 0.738 bits per heavy atom. The van der Waals surface area contributed by atoms with Gasteiger partial charge in [-0.1, -0.05) is 59.6 Å². The number of esters is 1. The Morgan fingerprint density at radius 2 is 1.38 bits per heavy atom. The number of methoxy groups -OCH3 is 1. The van der Waals surface area contributed by atoms with Gasteiger partial charge in [-0.2, -0.15) is 0 Å². The SMILES string of the molecule is CC.CC1(C)CCC2(C(=O)OC3OCC(O)CC3O)CCC3C(=CCC4C3(C)CCC3[C@H](CO)CCCC34C)C2C1.CO.COC1OCC(O)CC1O.OC1CCCOC1O. The lowest BCUT2D eigenvalue weighted by atomic mass is 9.38. The van der Waals surface area contributed by atoms with Gasteiger partial charge in [-0.3, -0.25) is 4.79 Å². The number of allylic oxidation sites excluding steroid dienone is 2. The Bertz CT molecular complexity index is 1370. The van der Waals surface area contributed by atoms with Gasteiger partial charge in [-0.25, -0.2) is 0 Å². The lowest BCUT2D eigenvalue weighted by Gasteiger charge is -2.66. The summed E-state index contributed by atoms with van der Waals surface area (Å²) < 4.78 is 25.9. The molecule has 0 spiro atoms. The Labute approximate surface area is 365 Å². The summed E-state index contributed by atoms with van der Waals surface area (Å²) in [5.41, 5.74) is 1.62. The van der Waals surface area contributed by atoms with Crippen LogP contribution in [0.4, 0.5) is 0 Å². The Morgan fingerprint density at radius 3 is 1.93 bits per heavy atom. The fourth-order valence-corrected chi connectivity index (χ4v) is 12.8. The van der Waals surface area contributed by atoms with Gasteiger partial charge in [0.05, 0.1) is 30.8 Å². The fourth-order valence-electron chi connectivity index (χ4n) is 12.8. The maximum Gasteiger partial charge on any atom is 0.315 e. The van der Waals surface area contributed by atoms with Crippen LogP contribution in [0.25, 0.3) is 0 Å². The van der Waals surface area contributed by atoms with Crippen molar-refractivity contribution >= 4 is 5.97 Å². The zero-order valence-corrected chi connectivity index (χ0v) is 38.5. The van der Waals surface area contributed by atoms with Gasteiger partial charge in [0.15, 0.2) is 12.6 Å². The number of fused-ring (bicyclic) bond motifs is 7. The fraction of sp³-hybridized carbons (Fsp3) is 0.936. The highest BCUT2D eigenvalue weighted by Crippen LogP contribution is 2.71. The molecule has 15 unspecified atom stereocenters. The summed E-state index contributed by atoms with van der Waals surface area (Å²) in [5, 5.41) is 73.1. The van der Waals surface area contributed by atoms with Gasteiger partial charge >= 0.3 is 5.97 Å². The number of hydrogen-bond acceptors (Lipinski definition) is 14. The van der Waals surface area contributed by atoms with Crippen molar-refractivity contribution in [2.24, 2.45) is 51.2 Å². The van der Waals surface area contributed by atoms with E-state index in [0.717, 1.165) is 52.1 Å². The van der Waals surface area contributed by atoms with Crippen molar-refractivity contribution in [3.63, 3.8) is 0 Å². The van der Waals surface area contributed by atoms with Gasteiger partial charge in [-0.05, 0) is 123 Å². The van der Waals surface area contributed by atoms with E-state index >= 15 is 0 Å². The number of rotatable bonds is 4. The molecule has 356 valence electrons. The molecule has 4 saturated carbocycles. The van der Waals surface area contributed by atoms with Crippen LogP contribution < -0.4 is 0 Å². The normalized spacial score (nSPS) is 44.8. The van der Waals surface area contributed by atoms with Gasteiger partial charge in [0.25, 0.3) is 0 Å². The van der Waals surface area contributed by atoms with Gasteiger partial charge in [0.1, 0.15) is 18.3 Å². The number of aliphatic hydroxyl groups excluding tert-OH is 8. The Hall–Kier alpha value is -1.27. The number of carbonyl (C=O) groups excluding carboxylic acids is 1. The topological polar surface area (TPSA) is 225 Å². The molecule has 0 aromatic heterocycles. The van der Waals surface area contributed by atoms with E-state index < -0.39 is 54.8 Å². The number of hydrogen-bond donors (Lipinski definition) is 8. The van der Waals surface area contributed by atoms with Crippen LogP contribution in [-0.2, 0) is 28.5 Å². The standard InChI is InChI=1S/C33H52O6.C6H12O4.C5H10O3.C2H6.CH4O/c1-30(2)14-15-33(29(37)39-28-26(36)16-21(35)19-38-28)13-10-24-22(25(33)17-30)7-8-27-31(3)11-5-6-20(18-34)23(31)9-12-32(24,27)4;1-9-6-5(8)2-4(7)3-10-6;6-4-2-1-3-8-5(4)7;2*1-2/h7,20-21,23-28,34-36H,5-6,8-19H2,1-4H3;4-8H,2-3H2,1H3;4-7H,1-3H2;1-2H3;2H,1H3/t20-,21?,23?,24?,25?,26?,27?,28?,31?,32?,33?;;;;/m0..../s1. The average Bonchev–Trinajstić information content (AvgIpc) is 3.24. The van der Waals surface area contributed by atoms with E-state index in [9.17, 15) is 20.1 Å². The van der Waals surface area contributed by atoms with Crippen LogP contribution in [0.2, 0.25) is 0 Å². The van der Waals surface area contributed by atoms with Crippen molar-refractivity contribution < 1.29 is 69.3 Å². The minimum atomic E-state index is -0.994. The van der Waals surface area contributed by atoms with E-state index in [1.54, 1.807) is 0 Å². The van der Waals surface area contributed by atoms with Gasteiger partial charge in [-0.15, -0.1) is 0 Å². The molecule has 8 aliphatic rings. The first kappa shape index (κ1) is 52.4. The molecule has 3 aliphatic heterocycles. The van der Waals surface area contributed by atoms with E-state index in [-0.39, 0.29) is 47.8 Å². The highest BCUT2D eigenvalue weighted by Gasteiger charge is 2.64. The van der Waals surface area contributed by atoms with Crippen molar-refractivity contribution in [1.29, 1.82) is 0 Å². The van der Waals surface area contributed by atoms with Gasteiger partial charge in [0, 0.05) is 40.3 Å². The summed E-state index contributed by atoms with van der Waals surface area (Å²) in [5.74, 6) is 2.15. The molecule has 16 atom stereocenters. The average molecular weight is 873 g/mol. The molecule has 0 radical (unpaired) electrons. The van der Waals surface area contributed by atoms with E-state index in [1.165, 1.54) is 44.8 Å². The molecule has 0 bridgehead atoms. The van der Waals surface area contributed by atoms with E-state index in [4.69, 9.17) is 49.2 Å². The molecular weight excluding hydrogens is 789 g/mol. The second kappa shape index (κ2) is 22.8. The molecule has 3 saturated heterocycles. The molecular formula is C47H84O14. The van der Waals surface area contributed by atoms with Crippen LogP contribution in [0, 0.1) is 51.2 Å². The van der Waals surface area contributed by atoms with E-state index in [0.29, 0.717) is 49.7 Å². The van der Waals surface area contributed by atoms with Crippen molar-refractivity contribution in [2.45, 2.75) is 187 Å². The predicted octanol–water partition coefficient (Wildman–Crippen LogP) is 4.59. The van der Waals surface area contributed by atoms with Crippen molar-refractivity contribution in [3.05, 3.63) is 11.6 Å². The third-order valence-corrected chi connectivity index (χ3v) is 16.0. The smallest absolute Gasteiger partial charge is 0.315 e. The summed E-state index contributed by atoms with van der Waals surface area (Å²) in [4.78, 5) is 14.1. The summed E-state index contributed by atoms with van der Waals surface area (Å²) in [6.07, 6.45) is 10.3. The maximum absolute atomic E-state index is 14.1. The molecule has 7 fully saturated rings. The Balaban J connectivity index is 0.000000305. The third-order valence-electron chi connectivity index (χ3n) is 16.0. The number of ether oxygens (including phenoxy) is 5. The molecule has 5 aliphatic carbocycles. The van der Waals surface area contributed by atoms with E-state index in [2.05, 4.69) is 33.8 Å². The molecule has 8 rings (SSSR count). The van der Waals surface area contributed by atoms with Crippen molar-refractivity contribution in [1.82, 2.24) is 0 Å². The summed E-state index contributed by atoms with van der Waals surface area (Å²) >= 11 is 0. The molecule has 0 aromatic rings. The molecule has 14 heteroatoms. The lowest BCUT2D eigenvalue weighted by Crippen LogP contribution is -2.60. The minimum absolute atomic E-state index is 0.0857. The first-order valence-electron chi connectivity index (χ1n) is 23.4. The highest BCUT2D eigenvalue weighted by molar-refractivity contribution is 5.78. The summed E-state index contributed by atoms with van der Waals surface area (Å²) in [6, 6.07) is 0. The van der Waals surface area contributed by atoms with Crippen LogP contribution in [0.1, 0.15) is 138 Å². The van der Waals surface area contributed by atoms with Crippen LogP contribution in [0.5, 0.6) is 0 Å². The zero-order valence-electron chi connectivity index (χ0n) is 38.5. The van der Waals surface area contributed by atoms with Crippen LogP contribution in [0.15, 0.2) is 11.6 Å². The first-order valence-corrected chi connectivity index (χ1v) is 23.4. The third kappa shape index (κ3) is 11.6. The second-order valence-electron chi connectivity index (χ2n) is 20.1. The molecule has 0 aromatic carbocycles. The Kier molecular flexibility index (Phi) is 19.5. The van der Waals surface area contributed by atoms with E-state index in [1.807, 2.05) is 13.8 Å². The number of aliphatic hydroxyl groups is 8. The van der Waals surface area contributed by atoms with Crippen LogP contribution in [-0.4, -0.2) is 137 Å². The van der Waals surface area contributed by atoms with Gasteiger partial charge < -0.3 is 64.5 Å². The summed E-state index contributed by atoms with van der Waals surface area (Å²) in [6.45, 7) is 15.0. The zero-order chi connectivity index (χ0) is 45.3. The quantitative estimate of drug-likeness (QED) is 0.143. The molecule has 61 heavy (non-hydrogen) atoms. The molecule has 8 N–H and O–H groups in total. The molecule has 14 nitrogen and oxygen atoms in total. The van der Waals surface area contributed by atoms with Crippen molar-refractivity contribution in [2.75, 3.05) is 40.6 Å². The predicted molar refractivity (Wildman–Crippen MR) is 228 cm³/mol.